The molecular weight excluding hydrogens is 198 g/mol. The van der Waals surface area contributed by atoms with E-state index >= 15 is 0 Å². The Morgan fingerprint density at radius 2 is 2.27 bits per heavy atom. The Morgan fingerprint density at radius 1 is 1.53 bits per heavy atom. The second-order valence-corrected chi connectivity index (χ2v) is 2.70. The van der Waals surface area contributed by atoms with Crippen LogP contribution in [-0.4, -0.2) is 25.5 Å². The molecule has 0 atom stereocenters. The van der Waals surface area contributed by atoms with Crippen LogP contribution >= 0.6 is 0 Å². The first kappa shape index (κ1) is 8.89. The summed E-state index contributed by atoms with van der Waals surface area (Å²) in [6.07, 6.45) is 1.28. The molecule has 0 bridgehead atoms. The quantitative estimate of drug-likeness (QED) is 0.589. The molecule has 0 aliphatic heterocycles. The van der Waals surface area contributed by atoms with Crippen LogP contribution in [0, 0.1) is 11.3 Å². The van der Waals surface area contributed by atoms with Crippen LogP contribution in [0.3, 0.4) is 0 Å². The molecule has 0 saturated heterocycles. The van der Waals surface area contributed by atoms with E-state index < -0.39 is 5.91 Å². The summed E-state index contributed by atoms with van der Waals surface area (Å²) in [6.45, 7) is 0. The maximum atomic E-state index is 10.9. The van der Waals surface area contributed by atoms with Crippen LogP contribution in [0.25, 0.3) is 5.65 Å². The van der Waals surface area contributed by atoms with Crippen molar-refractivity contribution in [3.63, 3.8) is 0 Å². The summed E-state index contributed by atoms with van der Waals surface area (Å²) in [4.78, 5) is 14.6. The highest BCUT2D eigenvalue weighted by atomic mass is 16.1. The number of anilines is 1. The van der Waals surface area contributed by atoms with Gasteiger partial charge in [0, 0.05) is 0 Å². The van der Waals surface area contributed by atoms with Gasteiger partial charge in [0.15, 0.2) is 17.0 Å². The lowest BCUT2D eigenvalue weighted by Gasteiger charge is -2.01. The number of amides is 1. The minimum atomic E-state index is -0.783. The summed E-state index contributed by atoms with van der Waals surface area (Å²) >= 11 is 0. The average Bonchev–Trinajstić information content (AvgIpc) is 2.61. The third-order valence-electron chi connectivity index (χ3n) is 1.83. The van der Waals surface area contributed by atoms with Crippen LogP contribution < -0.4 is 11.5 Å². The number of primary amides is 1. The summed E-state index contributed by atoms with van der Waals surface area (Å²) in [5.74, 6) is -0.768. The topological polar surface area (TPSA) is 136 Å². The first-order chi connectivity index (χ1) is 7.15. The number of hydrogen-bond acceptors (Lipinski definition) is 6. The molecule has 2 heterocycles. The number of hydrogen-bond donors (Lipinski definition) is 2. The highest BCUT2D eigenvalue weighted by Gasteiger charge is 2.15. The van der Waals surface area contributed by atoms with Gasteiger partial charge in [-0.1, -0.05) is 0 Å². The molecular formula is C7H5N7O. The number of rotatable bonds is 1. The molecule has 0 unspecified atom stereocenters. The predicted molar refractivity (Wildman–Crippen MR) is 48.4 cm³/mol. The molecule has 8 nitrogen and oxygen atoms in total. The fourth-order valence-corrected chi connectivity index (χ4v) is 1.13. The number of imidazole rings is 1. The number of nitrogens with two attached hydrogens (primary N) is 2. The zero-order valence-electron chi connectivity index (χ0n) is 7.38. The van der Waals surface area contributed by atoms with Crippen molar-refractivity contribution >= 4 is 17.4 Å². The molecule has 8 heteroatoms. The minimum absolute atomic E-state index is 0.0153. The summed E-state index contributed by atoms with van der Waals surface area (Å²) in [7, 11) is 0. The van der Waals surface area contributed by atoms with Crippen molar-refractivity contribution in [1.29, 1.82) is 5.26 Å². The Hall–Kier alpha value is -2.69. The van der Waals surface area contributed by atoms with Crippen LogP contribution in [0.2, 0.25) is 0 Å². The van der Waals surface area contributed by atoms with Gasteiger partial charge in [0.05, 0.1) is 0 Å². The zero-order chi connectivity index (χ0) is 11.0. The molecule has 15 heavy (non-hydrogen) atoms. The van der Waals surface area contributed by atoms with E-state index in [1.165, 1.54) is 10.7 Å². The van der Waals surface area contributed by atoms with E-state index in [1.54, 1.807) is 0 Å². The Kier molecular flexibility index (Phi) is 1.73. The zero-order valence-corrected chi connectivity index (χ0v) is 7.38. The Labute approximate surface area is 83.1 Å². The van der Waals surface area contributed by atoms with Crippen molar-refractivity contribution in [2.75, 3.05) is 5.73 Å². The van der Waals surface area contributed by atoms with Crippen LogP contribution in [0.5, 0.6) is 0 Å². The van der Waals surface area contributed by atoms with E-state index in [4.69, 9.17) is 16.7 Å². The van der Waals surface area contributed by atoms with Crippen molar-refractivity contribution in [2.24, 2.45) is 5.73 Å². The third kappa shape index (κ3) is 1.14. The normalized spacial score (nSPS) is 10.1. The van der Waals surface area contributed by atoms with Gasteiger partial charge in [-0.3, -0.25) is 9.20 Å². The summed E-state index contributed by atoms with van der Waals surface area (Å²) in [5, 5.41) is 15.8. The van der Waals surface area contributed by atoms with Crippen LogP contribution in [0.4, 0.5) is 5.82 Å². The van der Waals surface area contributed by atoms with Gasteiger partial charge in [-0.25, -0.2) is 4.98 Å². The molecule has 2 aromatic heterocycles. The summed E-state index contributed by atoms with van der Waals surface area (Å²) in [6, 6.07) is 1.82. The van der Waals surface area contributed by atoms with E-state index in [9.17, 15) is 4.79 Å². The maximum Gasteiger partial charge on any atom is 0.273 e. The highest BCUT2D eigenvalue weighted by Crippen LogP contribution is 2.12. The third-order valence-corrected chi connectivity index (χ3v) is 1.83. The Bertz CT molecular complexity index is 593. The van der Waals surface area contributed by atoms with Gasteiger partial charge in [0.1, 0.15) is 18.2 Å². The monoisotopic (exact) mass is 203 g/mol. The van der Waals surface area contributed by atoms with Crippen molar-refractivity contribution in [1.82, 2.24) is 19.6 Å². The van der Waals surface area contributed by atoms with Crippen LogP contribution in [0.15, 0.2) is 6.33 Å². The fraction of sp³-hybridized carbons (Fsp3) is 0. The highest BCUT2D eigenvalue weighted by molar-refractivity contribution is 5.95. The molecule has 0 aromatic carbocycles. The maximum absolute atomic E-state index is 10.9. The van der Waals surface area contributed by atoms with Gasteiger partial charge in [0.2, 0.25) is 0 Å². The van der Waals surface area contributed by atoms with Gasteiger partial charge in [-0.05, 0) is 0 Å². The van der Waals surface area contributed by atoms with E-state index in [1.807, 2.05) is 6.07 Å². The molecule has 2 rings (SSSR count). The molecule has 1 amide bonds. The number of nitrogens with zero attached hydrogens (tertiary/aromatic N) is 5. The minimum Gasteiger partial charge on any atom is -0.383 e. The van der Waals surface area contributed by atoms with Crippen molar-refractivity contribution in [3.05, 3.63) is 17.7 Å². The predicted octanol–water partition coefficient (Wildman–Crippen LogP) is -1.32. The van der Waals surface area contributed by atoms with Crippen molar-refractivity contribution in [3.8, 4) is 6.07 Å². The van der Waals surface area contributed by atoms with Gasteiger partial charge >= 0.3 is 0 Å². The van der Waals surface area contributed by atoms with Crippen molar-refractivity contribution in [2.45, 2.75) is 0 Å². The first-order valence-corrected chi connectivity index (χ1v) is 3.84. The summed E-state index contributed by atoms with van der Waals surface area (Å²) < 4.78 is 1.28. The number of carbonyl (C=O) groups excluding carboxylic acids is 1. The van der Waals surface area contributed by atoms with E-state index in [-0.39, 0.29) is 22.9 Å². The van der Waals surface area contributed by atoms with Crippen LogP contribution in [0.1, 0.15) is 16.2 Å². The average molecular weight is 203 g/mol. The largest absolute Gasteiger partial charge is 0.383 e. The van der Waals surface area contributed by atoms with Crippen molar-refractivity contribution < 1.29 is 4.79 Å². The second kappa shape index (κ2) is 2.91. The number of fused-ring (bicyclic) bond motifs is 1. The molecule has 0 aliphatic carbocycles. The fourth-order valence-electron chi connectivity index (χ4n) is 1.13. The van der Waals surface area contributed by atoms with Crippen LogP contribution in [-0.2, 0) is 0 Å². The van der Waals surface area contributed by atoms with Gasteiger partial charge in [-0.15, -0.1) is 10.2 Å². The molecule has 0 radical (unpaired) electrons. The smallest absolute Gasteiger partial charge is 0.273 e. The molecule has 2 aromatic rings. The number of carbonyl (C=O) groups is 1. The molecule has 0 saturated carbocycles. The first-order valence-electron chi connectivity index (χ1n) is 3.84. The van der Waals surface area contributed by atoms with E-state index in [0.717, 1.165) is 0 Å². The van der Waals surface area contributed by atoms with Gasteiger partial charge < -0.3 is 11.5 Å². The second-order valence-electron chi connectivity index (χ2n) is 2.70. The van der Waals surface area contributed by atoms with E-state index in [2.05, 4.69) is 15.2 Å². The van der Waals surface area contributed by atoms with Gasteiger partial charge in [-0.2, -0.15) is 5.26 Å². The lowest BCUT2D eigenvalue weighted by molar-refractivity contribution is 0.0995. The SMILES string of the molecule is N#Cc1ncn2c(N)c(C(N)=O)nnc12. The Balaban J connectivity index is 2.82. The molecule has 0 aliphatic rings. The number of nitriles is 1. The lowest BCUT2D eigenvalue weighted by Crippen LogP contribution is -2.18. The molecule has 0 fully saturated rings. The number of aromatic nitrogens is 4. The molecule has 74 valence electrons. The Morgan fingerprint density at radius 3 is 2.87 bits per heavy atom. The van der Waals surface area contributed by atoms with Gasteiger partial charge in [0.25, 0.3) is 5.91 Å². The number of nitrogen functional groups attached to an aromatic ring is 1. The molecule has 0 spiro atoms. The standard InChI is InChI=1S/C7H5N7O/c8-1-3-7-13-12-4(6(10)15)5(9)14(7)2-11-3/h2H,9H2,(H2,10,15). The lowest BCUT2D eigenvalue weighted by atomic mass is 10.4. The van der Waals surface area contributed by atoms with E-state index in [0.29, 0.717) is 0 Å². The molecule has 4 N–H and O–H groups in total. The summed E-state index contributed by atoms with van der Waals surface area (Å²) in [5.41, 5.74) is 10.8.